The van der Waals surface area contributed by atoms with Crippen molar-refractivity contribution in [2.45, 2.75) is 13.3 Å². The minimum atomic E-state index is 0.653. The van der Waals surface area contributed by atoms with E-state index in [0.29, 0.717) is 6.42 Å². The third-order valence-electron chi connectivity index (χ3n) is 0.479. The summed E-state index contributed by atoms with van der Waals surface area (Å²) in [4.78, 5) is 0. The Morgan fingerprint density at radius 2 is 2.14 bits per heavy atom. The zero-order valence-corrected chi connectivity index (χ0v) is 4.41. The molecule has 35 valence electrons. The highest BCUT2D eigenvalue weighted by atomic mass is 13.6. The molecule has 0 saturated carbocycles. The Bertz CT molecular complexity index is 115. The zero-order valence-electron chi connectivity index (χ0n) is 4.41. The van der Waals surface area contributed by atoms with Crippen LogP contribution in [0.25, 0.3) is 0 Å². The second-order valence-electron chi connectivity index (χ2n) is 0.957. The summed E-state index contributed by atoms with van der Waals surface area (Å²) in [6.07, 6.45) is 0.653. The minimum Gasteiger partial charge on any atom is -0.106 e. The second kappa shape index (κ2) is 5.12. The van der Waals surface area contributed by atoms with Crippen LogP contribution in [-0.4, -0.2) is 0 Å². The maximum absolute atomic E-state index is 3.33. The van der Waals surface area contributed by atoms with Crippen LogP contribution in [-0.2, 0) is 0 Å². The molecule has 0 aromatic carbocycles. The number of hydrogen-bond acceptors (Lipinski definition) is 0. The highest BCUT2D eigenvalue weighted by Crippen LogP contribution is 1.66. The lowest BCUT2D eigenvalue weighted by atomic mass is 10.4. The number of hydrogen-bond donors (Lipinski definition) is 0. The normalized spacial score (nSPS) is 4.86. The van der Waals surface area contributed by atoms with Gasteiger partial charge in [-0.15, -0.1) is 11.8 Å². The largest absolute Gasteiger partial charge is 0.106 e. The molecule has 0 fully saturated rings. The third kappa shape index (κ3) is 5.12. The molecule has 0 heteroatoms. The van der Waals surface area contributed by atoms with Crippen molar-refractivity contribution in [2.24, 2.45) is 0 Å². The molecular formula is C7H7. The Labute approximate surface area is 44.9 Å². The molecule has 0 aliphatic heterocycles. The van der Waals surface area contributed by atoms with Gasteiger partial charge in [-0.05, 0) is 6.92 Å². The Kier molecular flexibility index (Phi) is 4.48. The van der Waals surface area contributed by atoms with Gasteiger partial charge in [0.05, 0.1) is 6.42 Å². The van der Waals surface area contributed by atoms with Crippen LogP contribution in [0.1, 0.15) is 13.3 Å². The first-order valence-corrected chi connectivity index (χ1v) is 2.06. The fraction of sp³-hybridized carbons (Fsp3) is 0.286. The second-order valence-corrected chi connectivity index (χ2v) is 0.957. The molecule has 7 heavy (non-hydrogen) atoms. The van der Waals surface area contributed by atoms with Crippen LogP contribution in [0, 0.1) is 30.6 Å². The minimum absolute atomic E-state index is 0.653. The van der Waals surface area contributed by atoms with E-state index in [1.165, 1.54) is 0 Å². The van der Waals surface area contributed by atoms with E-state index in [-0.39, 0.29) is 0 Å². The van der Waals surface area contributed by atoms with E-state index in [4.69, 9.17) is 0 Å². The fourth-order valence-electron chi connectivity index (χ4n) is 0.195. The quantitative estimate of drug-likeness (QED) is 0.393. The summed E-state index contributed by atoms with van der Waals surface area (Å²) in [5.41, 5.74) is 0. The summed E-state index contributed by atoms with van der Waals surface area (Å²) >= 11 is 0. The van der Waals surface area contributed by atoms with Gasteiger partial charge in [0.25, 0.3) is 0 Å². The maximum atomic E-state index is 3.33. The molecule has 0 spiro atoms. The van der Waals surface area contributed by atoms with Gasteiger partial charge in [0.1, 0.15) is 0 Å². The molecule has 0 aliphatic carbocycles. The summed E-state index contributed by atoms with van der Waals surface area (Å²) in [6, 6.07) is 0. The van der Waals surface area contributed by atoms with Crippen LogP contribution in [0.3, 0.4) is 0 Å². The SMILES string of the molecule is [CH2]C#CCC#CC. The van der Waals surface area contributed by atoms with E-state index >= 15 is 0 Å². The topological polar surface area (TPSA) is 0 Å². The molecule has 0 saturated heterocycles. The molecule has 0 aliphatic rings. The van der Waals surface area contributed by atoms with Crippen molar-refractivity contribution in [3.63, 3.8) is 0 Å². The van der Waals surface area contributed by atoms with E-state index in [9.17, 15) is 0 Å². The van der Waals surface area contributed by atoms with Crippen molar-refractivity contribution >= 4 is 0 Å². The molecule has 0 nitrogen and oxygen atoms in total. The van der Waals surface area contributed by atoms with Crippen molar-refractivity contribution in [3.05, 3.63) is 6.92 Å². The van der Waals surface area contributed by atoms with Crippen LogP contribution in [0.15, 0.2) is 0 Å². The third-order valence-corrected chi connectivity index (χ3v) is 0.479. The molecule has 0 atom stereocenters. The van der Waals surface area contributed by atoms with Gasteiger partial charge in [0.15, 0.2) is 0 Å². The standard InChI is InChI=1S/C7H7/c1-3-5-7-6-4-2/h1,7H2,2H3. The zero-order chi connectivity index (χ0) is 5.54. The molecule has 0 bridgehead atoms. The van der Waals surface area contributed by atoms with Gasteiger partial charge in [0, 0.05) is 6.92 Å². The molecule has 0 aromatic rings. The van der Waals surface area contributed by atoms with Crippen molar-refractivity contribution in [1.29, 1.82) is 0 Å². The lowest BCUT2D eigenvalue weighted by Crippen LogP contribution is -1.54. The Morgan fingerprint density at radius 3 is 2.57 bits per heavy atom. The summed E-state index contributed by atoms with van der Waals surface area (Å²) in [7, 11) is 0. The average Bonchev–Trinajstić information content (AvgIpc) is 1.69. The summed E-state index contributed by atoms with van der Waals surface area (Å²) in [5.74, 6) is 10.7. The van der Waals surface area contributed by atoms with E-state index in [0.717, 1.165) is 0 Å². The molecule has 1 radical (unpaired) electrons. The van der Waals surface area contributed by atoms with E-state index < -0.39 is 0 Å². The highest BCUT2D eigenvalue weighted by Gasteiger charge is 1.57. The Morgan fingerprint density at radius 1 is 1.43 bits per heavy atom. The van der Waals surface area contributed by atoms with E-state index in [1.807, 2.05) is 0 Å². The van der Waals surface area contributed by atoms with Gasteiger partial charge < -0.3 is 0 Å². The molecule has 0 rings (SSSR count). The molecule has 0 amide bonds. The van der Waals surface area contributed by atoms with Gasteiger partial charge in [-0.25, -0.2) is 0 Å². The van der Waals surface area contributed by atoms with Crippen LogP contribution in [0.5, 0.6) is 0 Å². The lowest BCUT2D eigenvalue weighted by Gasteiger charge is -1.63. The molecular weight excluding hydrogens is 84.1 g/mol. The Balaban J connectivity index is 3.21. The first-order valence-electron chi connectivity index (χ1n) is 2.06. The van der Waals surface area contributed by atoms with E-state index in [2.05, 4.69) is 30.6 Å². The summed E-state index contributed by atoms with van der Waals surface area (Å²) < 4.78 is 0. The lowest BCUT2D eigenvalue weighted by molar-refractivity contribution is 1.55. The highest BCUT2D eigenvalue weighted by molar-refractivity contribution is 5.11. The van der Waals surface area contributed by atoms with Crippen LogP contribution >= 0.6 is 0 Å². The smallest absolute Gasteiger partial charge is 0.0702 e. The Hall–Kier alpha value is -0.880. The average molecular weight is 91.1 g/mol. The van der Waals surface area contributed by atoms with Crippen molar-refractivity contribution in [2.75, 3.05) is 0 Å². The van der Waals surface area contributed by atoms with Gasteiger partial charge >= 0.3 is 0 Å². The van der Waals surface area contributed by atoms with Gasteiger partial charge in [-0.1, -0.05) is 11.8 Å². The van der Waals surface area contributed by atoms with Gasteiger partial charge in [0.2, 0.25) is 0 Å². The van der Waals surface area contributed by atoms with E-state index in [1.54, 1.807) is 6.92 Å². The monoisotopic (exact) mass is 91.1 g/mol. The first-order chi connectivity index (χ1) is 3.41. The maximum Gasteiger partial charge on any atom is 0.0702 e. The predicted molar refractivity (Wildman–Crippen MR) is 31.2 cm³/mol. The fourth-order valence-corrected chi connectivity index (χ4v) is 0.195. The van der Waals surface area contributed by atoms with Crippen molar-refractivity contribution in [1.82, 2.24) is 0 Å². The van der Waals surface area contributed by atoms with Crippen LogP contribution in [0.4, 0.5) is 0 Å². The molecule has 0 heterocycles. The van der Waals surface area contributed by atoms with Crippen molar-refractivity contribution < 1.29 is 0 Å². The van der Waals surface area contributed by atoms with Gasteiger partial charge in [-0.2, -0.15) is 0 Å². The molecule has 0 aromatic heterocycles. The molecule has 0 N–H and O–H groups in total. The number of rotatable bonds is 0. The van der Waals surface area contributed by atoms with Gasteiger partial charge in [-0.3, -0.25) is 0 Å². The van der Waals surface area contributed by atoms with Crippen LogP contribution < -0.4 is 0 Å². The molecule has 0 unspecified atom stereocenters. The summed E-state index contributed by atoms with van der Waals surface area (Å²) in [5, 5.41) is 0. The van der Waals surface area contributed by atoms with Crippen molar-refractivity contribution in [3.8, 4) is 23.7 Å². The summed E-state index contributed by atoms with van der Waals surface area (Å²) in [6.45, 7) is 5.12. The predicted octanol–water partition coefficient (Wildman–Crippen LogP) is 1.24. The first kappa shape index (κ1) is 6.12. The van der Waals surface area contributed by atoms with Crippen LogP contribution in [0.2, 0.25) is 0 Å².